The van der Waals surface area contributed by atoms with Gasteiger partial charge < -0.3 is 15.4 Å². The van der Waals surface area contributed by atoms with Crippen molar-refractivity contribution in [3.05, 3.63) is 28.2 Å². The van der Waals surface area contributed by atoms with E-state index >= 15 is 0 Å². The van der Waals surface area contributed by atoms with E-state index in [0.29, 0.717) is 17.9 Å². The molecule has 138 valence electrons. The van der Waals surface area contributed by atoms with Gasteiger partial charge in [-0.2, -0.15) is 0 Å². The number of nitrogens with one attached hydrogen (secondary N) is 2. The molecule has 2 amide bonds. The lowest BCUT2D eigenvalue weighted by Crippen LogP contribution is -2.47. The van der Waals surface area contributed by atoms with E-state index < -0.39 is 0 Å². The average Bonchev–Trinajstić information content (AvgIpc) is 2.62. The highest BCUT2D eigenvalue weighted by molar-refractivity contribution is 9.10. The van der Waals surface area contributed by atoms with Crippen molar-refractivity contribution in [2.24, 2.45) is 0 Å². The van der Waals surface area contributed by atoms with Gasteiger partial charge in [0.05, 0.1) is 19.2 Å². The molecule has 0 spiro atoms. The summed E-state index contributed by atoms with van der Waals surface area (Å²) in [6, 6.07) is 5.47. The number of likely N-dealkylation sites (tertiary alicyclic amines) is 1. The first kappa shape index (κ1) is 19.7. The van der Waals surface area contributed by atoms with Crippen LogP contribution in [-0.2, 0) is 4.79 Å². The smallest absolute Gasteiger partial charge is 0.252 e. The lowest BCUT2D eigenvalue weighted by atomic mass is 10.0. The van der Waals surface area contributed by atoms with Crippen LogP contribution in [0.5, 0.6) is 5.75 Å². The summed E-state index contributed by atoms with van der Waals surface area (Å²) >= 11 is 3.41. The zero-order chi connectivity index (χ0) is 18.2. The molecule has 2 N–H and O–H groups in total. The molecule has 1 aliphatic rings. The highest BCUT2D eigenvalue weighted by atomic mass is 79.9. The highest BCUT2D eigenvalue weighted by Crippen LogP contribution is 2.23. The van der Waals surface area contributed by atoms with Crippen LogP contribution in [0.4, 0.5) is 0 Å². The molecule has 0 atom stereocenters. The van der Waals surface area contributed by atoms with Gasteiger partial charge in [-0.1, -0.05) is 6.92 Å². The number of piperidine rings is 1. The molecule has 0 aromatic heterocycles. The number of carbonyl (C=O) groups excluding carboxylic acids is 2. The Labute approximate surface area is 157 Å². The van der Waals surface area contributed by atoms with Crippen molar-refractivity contribution in [3.8, 4) is 5.75 Å². The predicted molar refractivity (Wildman–Crippen MR) is 101 cm³/mol. The van der Waals surface area contributed by atoms with Gasteiger partial charge in [-0.25, -0.2) is 0 Å². The van der Waals surface area contributed by atoms with Gasteiger partial charge in [-0.05, 0) is 53.4 Å². The number of carbonyl (C=O) groups is 2. The second-order valence-electron chi connectivity index (χ2n) is 6.22. The third-order valence-electron chi connectivity index (χ3n) is 4.28. The van der Waals surface area contributed by atoms with E-state index in [-0.39, 0.29) is 17.9 Å². The summed E-state index contributed by atoms with van der Waals surface area (Å²) in [4.78, 5) is 26.4. The molecule has 6 nitrogen and oxygen atoms in total. The molecule has 1 fully saturated rings. The Kier molecular flexibility index (Phi) is 7.71. The molecule has 0 unspecified atom stereocenters. The molecule has 1 heterocycles. The first-order valence-electron chi connectivity index (χ1n) is 8.67. The van der Waals surface area contributed by atoms with Crippen molar-refractivity contribution in [1.82, 2.24) is 15.5 Å². The number of ether oxygens (including phenoxy) is 1. The number of hydrogen-bond donors (Lipinski definition) is 2. The topological polar surface area (TPSA) is 70.7 Å². The van der Waals surface area contributed by atoms with Crippen molar-refractivity contribution in [3.63, 3.8) is 0 Å². The molecular formula is C18H26BrN3O3. The van der Waals surface area contributed by atoms with E-state index in [1.807, 2.05) is 19.1 Å². The van der Waals surface area contributed by atoms with Crippen molar-refractivity contribution >= 4 is 27.7 Å². The minimum atomic E-state index is -0.107. The lowest BCUT2D eigenvalue weighted by Gasteiger charge is -2.31. The Morgan fingerprint density at radius 1 is 1.32 bits per heavy atom. The Morgan fingerprint density at radius 2 is 2.04 bits per heavy atom. The summed E-state index contributed by atoms with van der Waals surface area (Å²) in [6.07, 6.45) is 2.63. The van der Waals surface area contributed by atoms with Crippen LogP contribution in [0.3, 0.4) is 0 Å². The van der Waals surface area contributed by atoms with Gasteiger partial charge in [0, 0.05) is 30.1 Å². The fourth-order valence-electron chi connectivity index (χ4n) is 2.83. The van der Waals surface area contributed by atoms with Gasteiger partial charge >= 0.3 is 0 Å². The van der Waals surface area contributed by atoms with Gasteiger partial charge in [-0.3, -0.25) is 14.5 Å². The van der Waals surface area contributed by atoms with Crippen LogP contribution in [0.15, 0.2) is 22.7 Å². The van der Waals surface area contributed by atoms with E-state index in [0.717, 1.165) is 43.4 Å². The molecule has 7 heteroatoms. The van der Waals surface area contributed by atoms with Gasteiger partial charge in [0.1, 0.15) is 5.75 Å². The Bertz CT molecular complexity index is 601. The molecule has 1 aromatic rings. The van der Waals surface area contributed by atoms with E-state index in [1.54, 1.807) is 13.2 Å². The predicted octanol–water partition coefficient (Wildman–Crippen LogP) is 2.18. The summed E-state index contributed by atoms with van der Waals surface area (Å²) in [6.45, 7) is 4.81. The highest BCUT2D eigenvalue weighted by Gasteiger charge is 2.23. The number of benzene rings is 1. The second-order valence-corrected chi connectivity index (χ2v) is 7.07. The first-order chi connectivity index (χ1) is 12.0. The fraction of sp³-hybridized carbons (Fsp3) is 0.556. The molecular weight excluding hydrogens is 386 g/mol. The molecule has 25 heavy (non-hydrogen) atoms. The quantitative estimate of drug-likeness (QED) is 0.721. The third kappa shape index (κ3) is 6.01. The summed E-state index contributed by atoms with van der Waals surface area (Å²) in [5.41, 5.74) is 0.570. The molecule has 2 rings (SSSR count). The van der Waals surface area contributed by atoms with Gasteiger partial charge in [0.25, 0.3) is 5.91 Å². The lowest BCUT2D eigenvalue weighted by molar-refractivity contribution is -0.122. The van der Waals surface area contributed by atoms with Gasteiger partial charge in [-0.15, -0.1) is 0 Å². The van der Waals surface area contributed by atoms with E-state index in [9.17, 15) is 9.59 Å². The van der Waals surface area contributed by atoms with Crippen LogP contribution in [0.2, 0.25) is 0 Å². The minimum absolute atomic E-state index is 0.0737. The van der Waals surface area contributed by atoms with Crippen molar-refractivity contribution in [2.45, 2.75) is 32.2 Å². The molecule has 0 bridgehead atoms. The minimum Gasteiger partial charge on any atom is -0.497 e. The van der Waals surface area contributed by atoms with Crippen LogP contribution in [0.1, 0.15) is 36.5 Å². The number of methoxy groups -OCH3 is 1. The van der Waals surface area contributed by atoms with Crippen molar-refractivity contribution < 1.29 is 14.3 Å². The van der Waals surface area contributed by atoms with E-state index in [1.165, 1.54) is 0 Å². The molecule has 0 saturated carbocycles. The molecule has 1 aromatic carbocycles. The van der Waals surface area contributed by atoms with Crippen molar-refractivity contribution in [2.75, 3.05) is 33.3 Å². The second kappa shape index (κ2) is 9.77. The number of halogens is 1. The normalized spacial score (nSPS) is 15.6. The maximum absolute atomic E-state index is 12.5. The first-order valence-corrected chi connectivity index (χ1v) is 9.46. The third-order valence-corrected chi connectivity index (χ3v) is 4.97. The maximum Gasteiger partial charge on any atom is 0.252 e. The summed E-state index contributed by atoms with van der Waals surface area (Å²) in [7, 11) is 1.58. The van der Waals surface area contributed by atoms with Crippen LogP contribution in [0.25, 0.3) is 0 Å². The molecule has 0 aliphatic carbocycles. The monoisotopic (exact) mass is 411 g/mol. The number of rotatable bonds is 7. The van der Waals surface area contributed by atoms with Gasteiger partial charge in [0.15, 0.2) is 0 Å². The van der Waals surface area contributed by atoms with Crippen LogP contribution in [0, 0.1) is 0 Å². The van der Waals surface area contributed by atoms with Gasteiger partial charge in [0.2, 0.25) is 5.91 Å². The van der Waals surface area contributed by atoms with Crippen LogP contribution in [-0.4, -0.2) is 56.0 Å². The van der Waals surface area contributed by atoms with E-state index in [2.05, 4.69) is 31.5 Å². The SMILES string of the molecule is CCCNC(=O)CN1CCC(NC(=O)c2cc(OC)ccc2Br)CC1. The van der Waals surface area contributed by atoms with Crippen LogP contribution < -0.4 is 15.4 Å². The Balaban J connectivity index is 1.81. The molecule has 1 aliphatic heterocycles. The number of amides is 2. The number of nitrogens with zero attached hydrogens (tertiary/aromatic N) is 1. The summed E-state index contributed by atoms with van der Waals surface area (Å²) in [5.74, 6) is 0.621. The Hall–Kier alpha value is -1.60. The van der Waals surface area contributed by atoms with Crippen molar-refractivity contribution in [1.29, 1.82) is 0 Å². The zero-order valence-electron chi connectivity index (χ0n) is 14.8. The van der Waals surface area contributed by atoms with E-state index in [4.69, 9.17) is 4.74 Å². The standard InChI is InChI=1S/C18H26BrN3O3/c1-3-8-20-17(23)12-22-9-6-13(7-10-22)21-18(24)15-11-14(25-2)4-5-16(15)19/h4-5,11,13H,3,6-10,12H2,1-2H3,(H,20,23)(H,21,24). The van der Waals surface area contributed by atoms with Crippen LogP contribution >= 0.6 is 15.9 Å². The number of hydrogen-bond acceptors (Lipinski definition) is 4. The zero-order valence-corrected chi connectivity index (χ0v) is 16.4. The largest absolute Gasteiger partial charge is 0.497 e. The maximum atomic E-state index is 12.5. The fourth-order valence-corrected chi connectivity index (χ4v) is 3.25. The summed E-state index contributed by atoms with van der Waals surface area (Å²) < 4.78 is 5.93. The average molecular weight is 412 g/mol. The summed E-state index contributed by atoms with van der Waals surface area (Å²) in [5, 5.41) is 5.98. The Morgan fingerprint density at radius 3 is 2.68 bits per heavy atom. The molecule has 0 radical (unpaired) electrons. The molecule has 1 saturated heterocycles.